The average molecular weight is 522 g/mol. The smallest absolute Gasteiger partial charge is 0.255 e. The summed E-state index contributed by atoms with van der Waals surface area (Å²) in [5.41, 5.74) is 4.27. The quantitative estimate of drug-likeness (QED) is 0.248. The molecule has 1 aromatic heterocycles. The fraction of sp³-hybridized carbons (Fsp3) is 0.148. The number of thioether (sulfide) groups is 1. The van der Waals surface area contributed by atoms with E-state index in [1.54, 1.807) is 24.3 Å². The minimum Gasteiger partial charge on any atom is -0.322 e. The number of thiazole rings is 1. The van der Waals surface area contributed by atoms with Crippen LogP contribution in [0.25, 0.3) is 11.3 Å². The van der Waals surface area contributed by atoms with Crippen molar-refractivity contribution in [3.05, 3.63) is 93.8 Å². The maximum absolute atomic E-state index is 12.8. The predicted molar refractivity (Wildman–Crippen MR) is 147 cm³/mol. The van der Waals surface area contributed by atoms with Crippen LogP contribution in [0.5, 0.6) is 0 Å². The lowest BCUT2D eigenvalue weighted by Crippen LogP contribution is -2.22. The monoisotopic (exact) mass is 521 g/mol. The van der Waals surface area contributed by atoms with Crippen LogP contribution in [0.1, 0.15) is 27.7 Å². The number of carbonyl (C=O) groups is 2. The van der Waals surface area contributed by atoms with E-state index >= 15 is 0 Å². The number of nitrogens with zero attached hydrogens (tertiary/aromatic N) is 1. The summed E-state index contributed by atoms with van der Waals surface area (Å²) in [6.45, 7) is 5.91. The van der Waals surface area contributed by atoms with Gasteiger partial charge in [-0.15, -0.1) is 23.1 Å². The highest BCUT2D eigenvalue weighted by Gasteiger charge is 2.18. The Hall–Kier alpha value is -3.13. The van der Waals surface area contributed by atoms with Crippen LogP contribution in [0, 0.1) is 13.8 Å². The zero-order chi connectivity index (χ0) is 24.9. The van der Waals surface area contributed by atoms with Gasteiger partial charge in [-0.2, -0.15) is 0 Å². The van der Waals surface area contributed by atoms with Gasteiger partial charge in [0.25, 0.3) is 5.91 Å². The van der Waals surface area contributed by atoms with Crippen LogP contribution in [0.3, 0.4) is 0 Å². The number of amides is 2. The molecule has 0 aliphatic heterocycles. The molecule has 0 spiro atoms. The van der Waals surface area contributed by atoms with Crippen molar-refractivity contribution in [2.45, 2.75) is 30.9 Å². The number of aromatic nitrogens is 1. The number of hydrogen-bond acceptors (Lipinski definition) is 5. The van der Waals surface area contributed by atoms with Crippen molar-refractivity contribution in [3.63, 3.8) is 0 Å². The first-order chi connectivity index (χ1) is 16.8. The first-order valence-electron chi connectivity index (χ1n) is 11.0. The number of nitrogens with one attached hydrogen (secondary N) is 2. The predicted octanol–water partition coefficient (Wildman–Crippen LogP) is 7.45. The van der Waals surface area contributed by atoms with Gasteiger partial charge in [-0.1, -0.05) is 47.5 Å². The van der Waals surface area contributed by atoms with E-state index in [4.69, 9.17) is 11.6 Å². The summed E-state index contributed by atoms with van der Waals surface area (Å²) in [5.74, 6) is -0.345. The summed E-state index contributed by atoms with van der Waals surface area (Å²) < 4.78 is 0. The molecule has 4 rings (SSSR count). The zero-order valence-corrected chi connectivity index (χ0v) is 21.9. The number of aryl methyl sites for hydroxylation is 2. The van der Waals surface area contributed by atoms with Crippen molar-refractivity contribution in [2.75, 3.05) is 10.6 Å². The van der Waals surface area contributed by atoms with E-state index in [2.05, 4.69) is 27.8 Å². The average Bonchev–Trinajstić information content (AvgIpc) is 3.20. The van der Waals surface area contributed by atoms with E-state index in [9.17, 15) is 9.59 Å². The van der Waals surface area contributed by atoms with Crippen molar-refractivity contribution < 1.29 is 9.59 Å². The molecule has 2 N–H and O–H groups in total. The lowest BCUT2D eigenvalue weighted by molar-refractivity contribution is -0.115. The molecule has 0 fully saturated rings. The molecule has 4 aromatic rings. The first kappa shape index (κ1) is 25.0. The molecule has 0 aliphatic carbocycles. The van der Waals surface area contributed by atoms with Crippen LogP contribution < -0.4 is 10.6 Å². The highest BCUT2D eigenvalue weighted by Crippen LogP contribution is 2.32. The summed E-state index contributed by atoms with van der Waals surface area (Å²) in [6.07, 6.45) is 0. The van der Waals surface area contributed by atoms with E-state index in [1.807, 2.05) is 57.2 Å². The third-order valence-corrected chi connectivity index (χ3v) is 7.47. The van der Waals surface area contributed by atoms with E-state index < -0.39 is 0 Å². The van der Waals surface area contributed by atoms with Crippen molar-refractivity contribution in [3.8, 4) is 11.3 Å². The third-order valence-electron chi connectivity index (χ3n) is 5.23. The Morgan fingerprint density at radius 1 is 0.971 bits per heavy atom. The van der Waals surface area contributed by atoms with E-state index in [0.717, 1.165) is 21.0 Å². The van der Waals surface area contributed by atoms with Gasteiger partial charge in [-0.25, -0.2) is 4.98 Å². The normalized spacial score (nSPS) is 11.7. The Morgan fingerprint density at radius 3 is 2.37 bits per heavy atom. The lowest BCUT2D eigenvalue weighted by Gasteiger charge is -2.11. The summed E-state index contributed by atoms with van der Waals surface area (Å²) in [4.78, 5) is 31.8. The second-order valence-corrected chi connectivity index (χ2v) is 11.1. The SMILES string of the molecule is Cc1ccc(-c2nc(NC(=O)C(C)Sc3ccc(NC(=O)c4cccc(Cl)c4)cc3)sc2C)cc1. The summed E-state index contributed by atoms with van der Waals surface area (Å²) in [6, 6.07) is 22.4. The molecule has 5 nitrogen and oxygen atoms in total. The van der Waals surface area contributed by atoms with Crippen molar-refractivity contribution in [2.24, 2.45) is 0 Å². The second kappa shape index (κ2) is 11.1. The van der Waals surface area contributed by atoms with Gasteiger partial charge in [0.05, 0.1) is 10.9 Å². The Balaban J connectivity index is 1.34. The van der Waals surface area contributed by atoms with Gasteiger partial charge in [-0.05, 0) is 63.2 Å². The van der Waals surface area contributed by atoms with Crippen LogP contribution >= 0.6 is 34.7 Å². The van der Waals surface area contributed by atoms with Gasteiger partial charge in [-0.3, -0.25) is 9.59 Å². The van der Waals surface area contributed by atoms with Crippen LogP contribution in [0.15, 0.2) is 77.7 Å². The highest BCUT2D eigenvalue weighted by atomic mass is 35.5. The van der Waals surface area contributed by atoms with E-state index in [-0.39, 0.29) is 17.1 Å². The topological polar surface area (TPSA) is 71.1 Å². The molecule has 35 heavy (non-hydrogen) atoms. The van der Waals surface area contributed by atoms with Gasteiger partial charge in [0.2, 0.25) is 5.91 Å². The highest BCUT2D eigenvalue weighted by molar-refractivity contribution is 8.00. The van der Waals surface area contributed by atoms with Crippen LogP contribution in [0.2, 0.25) is 5.02 Å². The van der Waals surface area contributed by atoms with Gasteiger partial charge >= 0.3 is 0 Å². The molecular weight excluding hydrogens is 498 g/mol. The zero-order valence-electron chi connectivity index (χ0n) is 19.5. The summed E-state index contributed by atoms with van der Waals surface area (Å²) in [5, 5.41) is 6.57. The maximum Gasteiger partial charge on any atom is 0.255 e. The molecule has 0 saturated carbocycles. The lowest BCUT2D eigenvalue weighted by atomic mass is 10.1. The number of carbonyl (C=O) groups excluding carboxylic acids is 2. The number of hydrogen-bond donors (Lipinski definition) is 2. The standard InChI is InChI=1S/C27H24ClN3O2S2/c1-16-7-9-19(10-8-16)24-17(2)35-27(30-24)31-25(32)18(3)34-23-13-11-22(12-14-23)29-26(33)20-5-4-6-21(28)15-20/h4-15,18H,1-3H3,(H,29,33)(H,30,31,32). The minimum absolute atomic E-state index is 0.113. The Bertz CT molecular complexity index is 1350. The van der Waals surface area contributed by atoms with Crippen molar-refractivity contribution in [1.82, 2.24) is 4.98 Å². The molecule has 1 unspecified atom stereocenters. The molecule has 0 saturated heterocycles. The minimum atomic E-state index is -0.325. The second-order valence-electron chi connectivity index (χ2n) is 8.03. The largest absolute Gasteiger partial charge is 0.322 e. The van der Waals surface area contributed by atoms with Crippen LogP contribution in [-0.4, -0.2) is 22.0 Å². The molecule has 3 aromatic carbocycles. The number of halogens is 1. The van der Waals surface area contributed by atoms with Crippen LogP contribution in [-0.2, 0) is 4.79 Å². The van der Waals surface area contributed by atoms with Gasteiger partial charge < -0.3 is 10.6 Å². The number of rotatable bonds is 7. The Kier molecular flexibility index (Phi) is 7.90. The molecule has 1 heterocycles. The van der Waals surface area contributed by atoms with Gasteiger partial charge in [0.15, 0.2) is 5.13 Å². The van der Waals surface area contributed by atoms with Gasteiger partial charge in [0, 0.05) is 31.6 Å². The molecule has 0 aliphatic rings. The van der Waals surface area contributed by atoms with E-state index in [0.29, 0.717) is 21.4 Å². The molecule has 0 radical (unpaired) electrons. The molecule has 0 bridgehead atoms. The molecular formula is C27H24ClN3O2S2. The fourth-order valence-electron chi connectivity index (χ4n) is 3.34. The molecule has 2 amide bonds. The molecule has 178 valence electrons. The fourth-order valence-corrected chi connectivity index (χ4v) is 5.24. The Morgan fingerprint density at radius 2 is 1.69 bits per heavy atom. The summed E-state index contributed by atoms with van der Waals surface area (Å²) >= 11 is 8.87. The molecule has 8 heteroatoms. The van der Waals surface area contributed by atoms with Gasteiger partial charge in [0.1, 0.15) is 0 Å². The summed E-state index contributed by atoms with van der Waals surface area (Å²) in [7, 11) is 0. The maximum atomic E-state index is 12.8. The van der Waals surface area contributed by atoms with Crippen molar-refractivity contribution in [1.29, 1.82) is 0 Å². The Labute approximate surface area is 218 Å². The third kappa shape index (κ3) is 6.51. The van der Waals surface area contributed by atoms with Crippen LogP contribution in [0.4, 0.5) is 10.8 Å². The first-order valence-corrected chi connectivity index (χ1v) is 13.0. The molecule has 1 atom stereocenters. The van der Waals surface area contributed by atoms with E-state index in [1.165, 1.54) is 28.7 Å². The van der Waals surface area contributed by atoms with Crippen molar-refractivity contribution >= 4 is 57.3 Å². The number of benzene rings is 3. The number of anilines is 2.